The van der Waals surface area contributed by atoms with Crippen molar-refractivity contribution in [2.75, 3.05) is 0 Å². The summed E-state index contributed by atoms with van der Waals surface area (Å²) in [5, 5.41) is 20.1. The molecular formula is C27H46O2. The fourth-order valence-electron chi connectivity index (χ4n) is 7.18. The minimum atomic E-state index is -0.526. The molecule has 3 saturated carbocycles. The molecule has 0 aromatic heterocycles. The van der Waals surface area contributed by atoms with Crippen molar-refractivity contribution in [2.24, 2.45) is 29.1 Å². The van der Waals surface area contributed by atoms with Crippen molar-refractivity contribution in [1.29, 1.82) is 0 Å². The van der Waals surface area contributed by atoms with Crippen molar-refractivity contribution in [3.8, 4) is 0 Å². The van der Waals surface area contributed by atoms with Gasteiger partial charge in [0.15, 0.2) is 0 Å². The van der Waals surface area contributed by atoms with Gasteiger partial charge in [-0.3, -0.25) is 0 Å². The summed E-state index contributed by atoms with van der Waals surface area (Å²) in [4.78, 5) is 0. The summed E-state index contributed by atoms with van der Waals surface area (Å²) in [5.41, 5.74) is 2.57. The Kier molecular flexibility index (Phi) is 7.37. The molecule has 6 atom stereocenters. The highest BCUT2D eigenvalue weighted by molar-refractivity contribution is 5.31. The third-order valence-corrected chi connectivity index (χ3v) is 8.83. The summed E-state index contributed by atoms with van der Waals surface area (Å²) in [7, 11) is 0. The second-order valence-electron chi connectivity index (χ2n) is 11.6. The third kappa shape index (κ3) is 5.56. The Labute approximate surface area is 179 Å². The van der Waals surface area contributed by atoms with Crippen molar-refractivity contribution in [3.05, 3.63) is 23.8 Å². The van der Waals surface area contributed by atoms with E-state index in [1.54, 1.807) is 0 Å². The number of hydrogen-bond acceptors (Lipinski definition) is 2. The molecule has 3 aliphatic rings. The lowest BCUT2D eigenvalue weighted by atomic mass is 9.58. The zero-order valence-electron chi connectivity index (χ0n) is 19.6. The minimum absolute atomic E-state index is 0.163. The summed E-state index contributed by atoms with van der Waals surface area (Å²) >= 11 is 0. The Morgan fingerprint density at radius 1 is 1.24 bits per heavy atom. The summed E-state index contributed by atoms with van der Waals surface area (Å²) in [6.07, 6.45) is 16.4. The van der Waals surface area contributed by atoms with Crippen molar-refractivity contribution < 1.29 is 10.2 Å². The van der Waals surface area contributed by atoms with Crippen LogP contribution >= 0.6 is 0 Å². The van der Waals surface area contributed by atoms with Crippen molar-refractivity contribution >= 4 is 0 Å². The third-order valence-electron chi connectivity index (χ3n) is 8.83. The van der Waals surface area contributed by atoms with Gasteiger partial charge in [0.25, 0.3) is 0 Å². The number of fused-ring (bicyclic) bond motifs is 1. The van der Waals surface area contributed by atoms with Gasteiger partial charge in [0.2, 0.25) is 0 Å². The quantitative estimate of drug-likeness (QED) is 0.491. The highest BCUT2D eigenvalue weighted by atomic mass is 16.3. The molecule has 0 aromatic rings. The Bertz CT molecular complexity index is 598. The molecule has 0 aromatic carbocycles. The van der Waals surface area contributed by atoms with Gasteiger partial charge in [0.05, 0.1) is 11.7 Å². The van der Waals surface area contributed by atoms with Crippen LogP contribution in [0.2, 0.25) is 0 Å². The van der Waals surface area contributed by atoms with Gasteiger partial charge in [0.1, 0.15) is 0 Å². The molecule has 2 N–H and O–H groups in total. The first-order valence-corrected chi connectivity index (χ1v) is 12.4. The fraction of sp³-hybridized carbons (Fsp3) is 0.852. The molecule has 3 fully saturated rings. The maximum absolute atomic E-state index is 10.0. The van der Waals surface area contributed by atoms with E-state index in [0.29, 0.717) is 5.41 Å². The zero-order chi connectivity index (χ0) is 21.2. The Morgan fingerprint density at radius 3 is 2.72 bits per heavy atom. The molecule has 166 valence electrons. The van der Waals surface area contributed by atoms with Crippen LogP contribution in [0, 0.1) is 29.1 Å². The summed E-state index contributed by atoms with van der Waals surface area (Å²) in [5.74, 6) is 3.27. The van der Waals surface area contributed by atoms with Crippen molar-refractivity contribution in [3.63, 3.8) is 0 Å². The molecule has 0 radical (unpaired) electrons. The van der Waals surface area contributed by atoms with E-state index in [4.69, 9.17) is 0 Å². The normalized spacial score (nSPS) is 38.3. The molecular weight excluding hydrogens is 356 g/mol. The van der Waals surface area contributed by atoms with Gasteiger partial charge in [0, 0.05) is 0 Å². The topological polar surface area (TPSA) is 40.5 Å². The number of allylic oxidation sites excluding steroid dienone is 2. The average molecular weight is 403 g/mol. The molecule has 3 rings (SSSR count). The molecule has 0 aliphatic heterocycles. The summed E-state index contributed by atoms with van der Waals surface area (Å²) in [6.45, 7) is 13.2. The van der Waals surface area contributed by atoms with Gasteiger partial charge in [-0.15, -0.1) is 0 Å². The predicted octanol–water partition coefficient (Wildman–Crippen LogP) is 6.81. The maximum atomic E-state index is 10.0. The SMILES string of the molecule is C=C1CC[C@H](O)C/C1=C/CC1CCCC2(C)[C@@H]([C@H](C)CCCC(C)(C)O)CC[C@@H]12. The Hall–Kier alpha value is -0.600. The first-order chi connectivity index (χ1) is 13.6. The lowest BCUT2D eigenvalue weighted by Gasteiger charge is -2.47. The lowest BCUT2D eigenvalue weighted by Crippen LogP contribution is -2.39. The smallest absolute Gasteiger partial charge is 0.0591 e. The molecule has 0 spiro atoms. The average Bonchev–Trinajstić information content (AvgIpc) is 2.99. The van der Waals surface area contributed by atoms with Crippen LogP contribution in [0.1, 0.15) is 105 Å². The van der Waals surface area contributed by atoms with Crippen molar-refractivity contribution in [1.82, 2.24) is 0 Å². The molecule has 3 aliphatic carbocycles. The number of rotatable bonds is 7. The van der Waals surface area contributed by atoms with Crippen LogP contribution in [0.4, 0.5) is 0 Å². The van der Waals surface area contributed by atoms with Gasteiger partial charge in [-0.25, -0.2) is 0 Å². The van der Waals surface area contributed by atoms with Gasteiger partial charge in [-0.1, -0.05) is 51.3 Å². The highest BCUT2D eigenvalue weighted by Gasteiger charge is 2.51. The largest absolute Gasteiger partial charge is 0.393 e. The van der Waals surface area contributed by atoms with Crippen molar-refractivity contribution in [2.45, 2.75) is 116 Å². The van der Waals surface area contributed by atoms with E-state index in [2.05, 4.69) is 26.5 Å². The monoisotopic (exact) mass is 402 g/mol. The molecule has 0 bridgehead atoms. The second kappa shape index (κ2) is 9.27. The molecule has 29 heavy (non-hydrogen) atoms. The van der Waals surface area contributed by atoms with E-state index >= 15 is 0 Å². The van der Waals surface area contributed by atoms with E-state index in [1.807, 2.05) is 13.8 Å². The van der Waals surface area contributed by atoms with Crippen LogP contribution in [-0.4, -0.2) is 21.9 Å². The van der Waals surface area contributed by atoms with E-state index in [1.165, 1.54) is 56.1 Å². The fourth-order valence-corrected chi connectivity index (χ4v) is 7.18. The molecule has 2 unspecified atom stereocenters. The van der Waals surface area contributed by atoms with Crippen LogP contribution in [0.25, 0.3) is 0 Å². The zero-order valence-corrected chi connectivity index (χ0v) is 19.6. The molecule has 0 saturated heterocycles. The summed E-state index contributed by atoms with van der Waals surface area (Å²) < 4.78 is 0. The number of aliphatic hydroxyl groups is 2. The van der Waals surface area contributed by atoms with Crippen LogP contribution in [0.15, 0.2) is 23.8 Å². The molecule has 2 nitrogen and oxygen atoms in total. The van der Waals surface area contributed by atoms with E-state index in [-0.39, 0.29) is 6.10 Å². The minimum Gasteiger partial charge on any atom is -0.393 e. The predicted molar refractivity (Wildman–Crippen MR) is 123 cm³/mol. The highest BCUT2D eigenvalue weighted by Crippen LogP contribution is 2.60. The summed E-state index contributed by atoms with van der Waals surface area (Å²) in [6, 6.07) is 0. The van der Waals surface area contributed by atoms with E-state index < -0.39 is 5.60 Å². The first kappa shape index (κ1) is 23.1. The lowest BCUT2D eigenvalue weighted by molar-refractivity contribution is 0.0260. The Morgan fingerprint density at radius 2 is 2.00 bits per heavy atom. The Balaban J connectivity index is 1.61. The molecule has 0 amide bonds. The maximum Gasteiger partial charge on any atom is 0.0591 e. The van der Waals surface area contributed by atoms with E-state index in [0.717, 1.165) is 55.8 Å². The van der Waals surface area contributed by atoms with Gasteiger partial charge in [-0.2, -0.15) is 0 Å². The van der Waals surface area contributed by atoms with E-state index in [9.17, 15) is 10.2 Å². The van der Waals surface area contributed by atoms with Crippen LogP contribution < -0.4 is 0 Å². The van der Waals surface area contributed by atoms with Gasteiger partial charge in [-0.05, 0) is 106 Å². The second-order valence-corrected chi connectivity index (χ2v) is 11.6. The van der Waals surface area contributed by atoms with Crippen LogP contribution in [0.3, 0.4) is 0 Å². The number of aliphatic hydroxyl groups excluding tert-OH is 1. The van der Waals surface area contributed by atoms with Crippen LogP contribution in [-0.2, 0) is 0 Å². The van der Waals surface area contributed by atoms with Gasteiger partial charge >= 0.3 is 0 Å². The van der Waals surface area contributed by atoms with Gasteiger partial charge < -0.3 is 10.2 Å². The molecule has 2 heteroatoms. The van der Waals surface area contributed by atoms with Crippen LogP contribution in [0.5, 0.6) is 0 Å². The standard InChI is InChI=1S/C27H46O2/c1-19-10-13-23(28)18-22(19)12-11-21-9-7-17-27(5)24(14-15-25(21)27)20(2)8-6-16-26(3,4)29/h12,20-21,23-25,28-29H,1,6-11,13-18H2,2-5H3/b22-12-/t20-,21?,23+,24-,25+,27?/m1/s1. The molecule has 0 heterocycles. The first-order valence-electron chi connectivity index (χ1n) is 12.4. The number of hydrogen-bond donors (Lipinski definition) is 2.